The highest BCUT2D eigenvalue weighted by molar-refractivity contribution is 7.96. The molecule has 30 heavy (non-hydrogen) atoms. The van der Waals surface area contributed by atoms with Gasteiger partial charge in [-0.25, -0.2) is 4.28 Å². The van der Waals surface area contributed by atoms with Crippen LogP contribution >= 0.6 is 23.8 Å². The molecule has 6 nitrogen and oxygen atoms in total. The van der Waals surface area contributed by atoms with Crippen molar-refractivity contribution in [1.29, 1.82) is 0 Å². The minimum absolute atomic E-state index is 0.392. The molecular formula is C21H20BClN2O4S. The van der Waals surface area contributed by atoms with Crippen LogP contribution in [-0.2, 0) is 22.1 Å². The molecule has 0 fully saturated rings. The number of benzene rings is 3. The average molecular weight is 443 g/mol. The fraction of sp³-hybridized carbons (Fsp3) is 0.143. The predicted octanol–water partition coefficient (Wildman–Crippen LogP) is 4.07. The third-order valence-corrected chi connectivity index (χ3v) is 5.45. The Hall–Kier alpha value is -2.20. The zero-order chi connectivity index (χ0) is 20.9. The van der Waals surface area contributed by atoms with Crippen molar-refractivity contribution in [3.05, 3.63) is 82.9 Å². The summed E-state index contributed by atoms with van der Waals surface area (Å²) in [6.07, 6.45) is 0. The van der Waals surface area contributed by atoms with Gasteiger partial charge in [0.05, 0.1) is 12.3 Å². The highest BCUT2D eigenvalue weighted by atomic mass is 35.5. The summed E-state index contributed by atoms with van der Waals surface area (Å²) < 4.78 is 18.4. The van der Waals surface area contributed by atoms with Gasteiger partial charge >= 0.3 is 7.12 Å². The van der Waals surface area contributed by atoms with Gasteiger partial charge < -0.3 is 14.4 Å². The van der Waals surface area contributed by atoms with Crippen LogP contribution in [0.4, 0.5) is 5.69 Å². The molecular weight excluding hydrogens is 423 g/mol. The van der Waals surface area contributed by atoms with E-state index in [1.165, 1.54) is 12.2 Å². The minimum atomic E-state index is -0.841. The van der Waals surface area contributed by atoms with E-state index in [1.807, 2.05) is 78.1 Å². The molecule has 0 saturated heterocycles. The molecule has 0 atom stereocenters. The van der Waals surface area contributed by atoms with Gasteiger partial charge in [-0.2, -0.15) is 5.48 Å². The molecule has 4 rings (SSSR count). The summed E-state index contributed by atoms with van der Waals surface area (Å²) >= 11 is 7.19. The molecule has 3 aromatic carbocycles. The number of ether oxygens (including phenoxy) is 1. The molecule has 1 heterocycles. The summed E-state index contributed by atoms with van der Waals surface area (Å²) in [5, 5.41) is 10.4. The van der Waals surface area contributed by atoms with Gasteiger partial charge in [0.1, 0.15) is 23.7 Å². The molecule has 1 aliphatic rings. The zero-order valence-corrected chi connectivity index (χ0v) is 17.8. The van der Waals surface area contributed by atoms with E-state index in [4.69, 9.17) is 25.3 Å². The van der Waals surface area contributed by atoms with Crippen molar-refractivity contribution in [2.24, 2.45) is 0 Å². The molecule has 1 aliphatic heterocycles. The van der Waals surface area contributed by atoms with Gasteiger partial charge in [0, 0.05) is 18.6 Å². The highest BCUT2D eigenvalue weighted by Gasteiger charge is 2.27. The Morgan fingerprint density at radius 2 is 1.93 bits per heavy atom. The van der Waals surface area contributed by atoms with Crippen molar-refractivity contribution in [2.45, 2.75) is 13.2 Å². The summed E-state index contributed by atoms with van der Waals surface area (Å²) in [6.45, 7) is 0.938. The smallest absolute Gasteiger partial charge is 0.457 e. The van der Waals surface area contributed by atoms with Crippen LogP contribution in [0.1, 0.15) is 11.1 Å². The molecule has 0 spiro atoms. The first-order valence-electron chi connectivity index (χ1n) is 9.33. The maximum Gasteiger partial charge on any atom is 0.491 e. The fourth-order valence-electron chi connectivity index (χ4n) is 2.99. The van der Waals surface area contributed by atoms with Crippen molar-refractivity contribution < 1.29 is 18.7 Å². The lowest BCUT2D eigenvalue weighted by Crippen LogP contribution is -2.27. The standard InChI is InChI=1S/C21H20BClN2O4S/c1-25(18-4-2-3-17(23)12-18)30-29-24-13-15-5-7-19(8-6-15)28-20-9-10-21-16(11-20)14-27-22(21)26/h2-12,24,26H,13-14H2,1H3. The van der Waals surface area contributed by atoms with Gasteiger partial charge in [0.15, 0.2) is 0 Å². The topological polar surface area (TPSA) is 63.2 Å². The third-order valence-electron chi connectivity index (χ3n) is 4.59. The van der Waals surface area contributed by atoms with Crippen LogP contribution in [0.3, 0.4) is 0 Å². The van der Waals surface area contributed by atoms with Gasteiger partial charge in [0.2, 0.25) is 0 Å². The van der Waals surface area contributed by atoms with Crippen LogP contribution in [0.15, 0.2) is 66.7 Å². The van der Waals surface area contributed by atoms with Gasteiger partial charge in [0.25, 0.3) is 0 Å². The molecule has 0 unspecified atom stereocenters. The van der Waals surface area contributed by atoms with Crippen LogP contribution < -0.4 is 20.0 Å². The number of rotatable bonds is 8. The van der Waals surface area contributed by atoms with Gasteiger partial charge in [-0.1, -0.05) is 35.9 Å². The minimum Gasteiger partial charge on any atom is -0.457 e. The van der Waals surface area contributed by atoms with Crippen molar-refractivity contribution >= 4 is 42.1 Å². The number of halogens is 1. The van der Waals surface area contributed by atoms with E-state index in [0.29, 0.717) is 23.9 Å². The van der Waals surface area contributed by atoms with Crippen LogP contribution in [0.25, 0.3) is 0 Å². The highest BCUT2D eigenvalue weighted by Crippen LogP contribution is 2.25. The lowest BCUT2D eigenvalue weighted by molar-refractivity contribution is 0.232. The largest absolute Gasteiger partial charge is 0.491 e. The lowest BCUT2D eigenvalue weighted by Gasteiger charge is -2.16. The zero-order valence-electron chi connectivity index (χ0n) is 16.2. The Kier molecular flexibility index (Phi) is 6.84. The van der Waals surface area contributed by atoms with Crippen molar-refractivity contribution in [1.82, 2.24) is 5.48 Å². The monoisotopic (exact) mass is 442 g/mol. The quantitative estimate of drug-likeness (QED) is 0.179. The second-order valence-electron chi connectivity index (χ2n) is 6.73. The molecule has 0 amide bonds. The number of hydrogen-bond acceptors (Lipinski definition) is 7. The Morgan fingerprint density at radius 1 is 1.13 bits per heavy atom. The summed E-state index contributed by atoms with van der Waals surface area (Å²) in [5.41, 5.74) is 6.67. The molecule has 0 radical (unpaired) electrons. The average Bonchev–Trinajstić information content (AvgIpc) is 3.12. The van der Waals surface area contributed by atoms with Gasteiger partial charge in [-0.15, -0.1) is 0 Å². The molecule has 2 N–H and O–H groups in total. The number of hydroxylamine groups is 1. The van der Waals surface area contributed by atoms with Crippen molar-refractivity contribution in [2.75, 3.05) is 11.4 Å². The first-order chi connectivity index (χ1) is 14.6. The molecule has 0 aliphatic carbocycles. The first-order valence-corrected chi connectivity index (χ1v) is 10.4. The number of fused-ring (bicyclic) bond motifs is 1. The van der Waals surface area contributed by atoms with E-state index in [1.54, 1.807) is 0 Å². The van der Waals surface area contributed by atoms with E-state index in [2.05, 4.69) is 5.48 Å². The molecule has 0 saturated carbocycles. The maximum atomic E-state index is 9.69. The van der Waals surface area contributed by atoms with Gasteiger partial charge in [-0.3, -0.25) is 4.31 Å². The van der Waals surface area contributed by atoms with E-state index in [-0.39, 0.29) is 0 Å². The second kappa shape index (κ2) is 9.74. The van der Waals surface area contributed by atoms with Crippen LogP contribution in [0.5, 0.6) is 11.5 Å². The Morgan fingerprint density at radius 3 is 2.73 bits per heavy atom. The normalized spacial score (nSPS) is 12.7. The number of anilines is 1. The fourth-order valence-corrected chi connectivity index (χ4v) is 3.60. The van der Waals surface area contributed by atoms with Crippen molar-refractivity contribution in [3.63, 3.8) is 0 Å². The Bertz CT molecular complexity index is 1010. The Labute approximate surface area is 185 Å². The third kappa shape index (κ3) is 5.29. The number of nitrogens with zero attached hydrogens (tertiary/aromatic N) is 1. The lowest BCUT2D eigenvalue weighted by atomic mass is 9.80. The van der Waals surface area contributed by atoms with E-state index < -0.39 is 7.12 Å². The van der Waals surface area contributed by atoms with Crippen LogP contribution in [0, 0.1) is 0 Å². The Balaban J connectivity index is 1.24. The van der Waals surface area contributed by atoms with E-state index >= 15 is 0 Å². The molecule has 0 aromatic heterocycles. The predicted molar refractivity (Wildman–Crippen MR) is 121 cm³/mol. The van der Waals surface area contributed by atoms with E-state index in [9.17, 15) is 5.02 Å². The summed E-state index contributed by atoms with van der Waals surface area (Å²) in [4.78, 5) is 0. The number of nitrogens with one attached hydrogen (secondary N) is 1. The number of hydrogen-bond donors (Lipinski definition) is 2. The molecule has 9 heteroatoms. The maximum absolute atomic E-state index is 9.69. The summed E-state index contributed by atoms with van der Waals surface area (Å²) in [7, 11) is 1.06. The van der Waals surface area contributed by atoms with Gasteiger partial charge in [-0.05, 0) is 59.1 Å². The summed E-state index contributed by atoms with van der Waals surface area (Å²) in [6, 6.07) is 20.8. The van der Waals surface area contributed by atoms with Crippen LogP contribution in [-0.4, -0.2) is 19.2 Å². The van der Waals surface area contributed by atoms with Crippen LogP contribution in [0.2, 0.25) is 5.02 Å². The second-order valence-corrected chi connectivity index (χ2v) is 8.03. The molecule has 154 valence electrons. The van der Waals surface area contributed by atoms with E-state index in [0.717, 1.165) is 28.0 Å². The van der Waals surface area contributed by atoms with Crippen molar-refractivity contribution in [3.8, 4) is 11.5 Å². The SMILES string of the molecule is CN(SONCc1ccc(Oc2ccc3c(c2)COB3O)cc1)c1cccc(Cl)c1. The molecule has 3 aromatic rings. The molecule has 0 bridgehead atoms. The summed E-state index contributed by atoms with van der Waals surface area (Å²) in [5.74, 6) is 1.44. The first kappa shape index (κ1) is 21.1.